The zero-order chi connectivity index (χ0) is 16.9. The molecule has 0 aromatic rings. The fourth-order valence-electron chi connectivity index (χ4n) is 3.95. The molecule has 140 valence electrons. The van der Waals surface area contributed by atoms with Crippen LogP contribution in [-0.4, -0.2) is 54.3 Å². The zero-order valence-electron chi connectivity index (χ0n) is 15.3. The van der Waals surface area contributed by atoms with Crippen LogP contribution in [-0.2, 0) is 9.59 Å². The van der Waals surface area contributed by atoms with E-state index in [1.165, 1.54) is 0 Å². The summed E-state index contributed by atoms with van der Waals surface area (Å²) in [6.45, 7) is 7.97. The number of hydrogen-bond acceptors (Lipinski definition) is 3. The minimum Gasteiger partial charge on any atom is -0.342 e. The molecule has 5 nitrogen and oxygen atoms in total. The van der Waals surface area contributed by atoms with Crippen LogP contribution >= 0.6 is 12.4 Å². The number of rotatable bonds is 6. The Balaban J connectivity index is 0.00000288. The highest BCUT2D eigenvalue weighted by molar-refractivity contribution is 5.85. The van der Waals surface area contributed by atoms with Gasteiger partial charge in [0, 0.05) is 39.1 Å². The van der Waals surface area contributed by atoms with Crippen molar-refractivity contribution in [3.05, 3.63) is 0 Å². The summed E-state index contributed by atoms with van der Waals surface area (Å²) < 4.78 is 0. The maximum atomic E-state index is 12.8. The molecule has 2 amide bonds. The van der Waals surface area contributed by atoms with Gasteiger partial charge in [-0.15, -0.1) is 12.4 Å². The Hall–Kier alpha value is -0.810. The predicted octanol–water partition coefficient (Wildman–Crippen LogP) is 2.42. The molecule has 0 aromatic carbocycles. The molecule has 2 rings (SSSR count). The molecule has 2 fully saturated rings. The zero-order valence-corrected chi connectivity index (χ0v) is 16.1. The van der Waals surface area contributed by atoms with Crippen LogP contribution in [0.25, 0.3) is 0 Å². The maximum absolute atomic E-state index is 12.8. The van der Waals surface area contributed by atoms with Gasteiger partial charge in [0.25, 0.3) is 0 Å². The molecule has 0 atom stereocenters. The summed E-state index contributed by atoms with van der Waals surface area (Å²) in [5.74, 6) is 1.09. The lowest BCUT2D eigenvalue weighted by atomic mass is 9.80. The van der Waals surface area contributed by atoms with Crippen molar-refractivity contribution in [1.29, 1.82) is 0 Å². The van der Waals surface area contributed by atoms with Crippen molar-refractivity contribution in [2.24, 2.45) is 17.1 Å². The third-order valence-electron chi connectivity index (χ3n) is 6.00. The van der Waals surface area contributed by atoms with Gasteiger partial charge in [-0.05, 0) is 44.4 Å². The highest BCUT2D eigenvalue weighted by Gasteiger charge is 2.38. The Labute approximate surface area is 152 Å². The van der Waals surface area contributed by atoms with Crippen LogP contribution in [0.1, 0.15) is 58.8 Å². The molecule has 0 unspecified atom stereocenters. The Bertz CT molecular complexity index is 410. The van der Waals surface area contributed by atoms with Gasteiger partial charge in [0.15, 0.2) is 0 Å². The van der Waals surface area contributed by atoms with E-state index in [4.69, 9.17) is 5.73 Å². The average molecular weight is 360 g/mol. The number of carbonyl (C=O) groups is 2. The molecule has 0 aromatic heterocycles. The fourth-order valence-corrected chi connectivity index (χ4v) is 3.95. The Kier molecular flexibility index (Phi) is 8.51. The van der Waals surface area contributed by atoms with Crippen molar-refractivity contribution < 1.29 is 9.59 Å². The normalized spacial score (nSPS) is 20.0. The lowest BCUT2D eigenvalue weighted by molar-refractivity contribution is -0.144. The van der Waals surface area contributed by atoms with Crippen molar-refractivity contribution in [3.8, 4) is 0 Å². The molecule has 2 aliphatic rings. The van der Waals surface area contributed by atoms with Crippen LogP contribution in [0.4, 0.5) is 0 Å². The SMILES string of the molecule is CCC(CC)(CN)C(=O)N1CCC(CN2CCCCC2=O)CC1.Cl. The van der Waals surface area contributed by atoms with Crippen molar-refractivity contribution in [3.63, 3.8) is 0 Å². The molecule has 24 heavy (non-hydrogen) atoms. The van der Waals surface area contributed by atoms with Crippen molar-refractivity contribution in [2.75, 3.05) is 32.7 Å². The van der Waals surface area contributed by atoms with E-state index in [2.05, 4.69) is 13.8 Å². The maximum Gasteiger partial charge on any atom is 0.230 e. The van der Waals surface area contributed by atoms with Crippen molar-refractivity contribution in [1.82, 2.24) is 9.80 Å². The third kappa shape index (κ3) is 4.63. The number of carbonyl (C=O) groups excluding carboxylic acids is 2. The number of likely N-dealkylation sites (tertiary alicyclic amines) is 2. The largest absolute Gasteiger partial charge is 0.342 e. The van der Waals surface area contributed by atoms with E-state index in [9.17, 15) is 9.59 Å². The highest BCUT2D eigenvalue weighted by atomic mass is 35.5. The number of nitrogens with two attached hydrogens (primary N) is 1. The molecular formula is C18H34ClN3O2. The van der Waals surface area contributed by atoms with E-state index < -0.39 is 0 Å². The summed E-state index contributed by atoms with van der Waals surface area (Å²) in [6, 6.07) is 0. The predicted molar refractivity (Wildman–Crippen MR) is 99.1 cm³/mol. The summed E-state index contributed by atoms with van der Waals surface area (Å²) in [5.41, 5.74) is 5.53. The first-order valence-corrected chi connectivity index (χ1v) is 9.33. The number of hydrogen-bond donors (Lipinski definition) is 1. The topological polar surface area (TPSA) is 66.6 Å². The van der Waals surface area contributed by atoms with Gasteiger partial charge in [0.05, 0.1) is 5.41 Å². The van der Waals surface area contributed by atoms with E-state index >= 15 is 0 Å². The fraction of sp³-hybridized carbons (Fsp3) is 0.889. The van der Waals surface area contributed by atoms with Crippen LogP contribution in [0.5, 0.6) is 0 Å². The van der Waals surface area contributed by atoms with Crippen LogP contribution in [0, 0.1) is 11.3 Å². The molecule has 2 N–H and O–H groups in total. The summed E-state index contributed by atoms with van der Waals surface area (Å²) >= 11 is 0. The van der Waals surface area contributed by atoms with Crippen LogP contribution in [0.2, 0.25) is 0 Å². The second-order valence-electron chi connectivity index (χ2n) is 7.22. The summed E-state index contributed by atoms with van der Waals surface area (Å²) in [5, 5.41) is 0. The Morgan fingerprint density at radius 2 is 1.79 bits per heavy atom. The van der Waals surface area contributed by atoms with Gasteiger partial charge in [-0.25, -0.2) is 0 Å². The molecule has 0 aliphatic carbocycles. The minimum absolute atomic E-state index is 0. The molecule has 6 heteroatoms. The van der Waals surface area contributed by atoms with E-state index in [0.29, 0.717) is 24.8 Å². The quantitative estimate of drug-likeness (QED) is 0.792. The van der Waals surface area contributed by atoms with Gasteiger partial charge in [-0.2, -0.15) is 0 Å². The molecule has 2 heterocycles. The lowest BCUT2D eigenvalue weighted by Crippen LogP contribution is -2.51. The van der Waals surface area contributed by atoms with E-state index in [1.807, 2.05) is 9.80 Å². The van der Waals surface area contributed by atoms with E-state index in [-0.39, 0.29) is 23.7 Å². The van der Waals surface area contributed by atoms with Gasteiger partial charge >= 0.3 is 0 Å². The number of amides is 2. The smallest absolute Gasteiger partial charge is 0.230 e. The first-order chi connectivity index (χ1) is 11.1. The van der Waals surface area contributed by atoms with Gasteiger partial charge in [-0.1, -0.05) is 13.8 Å². The molecule has 0 bridgehead atoms. The number of piperidine rings is 2. The van der Waals surface area contributed by atoms with Crippen LogP contribution < -0.4 is 5.73 Å². The summed E-state index contributed by atoms with van der Waals surface area (Å²) in [4.78, 5) is 28.8. The second-order valence-corrected chi connectivity index (χ2v) is 7.22. The van der Waals surface area contributed by atoms with Gasteiger partial charge in [-0.3, -0.25) is 9.59 Å². The van der Waals surface area contributed by atoms with E-state index in [1.54, 1.807) is 0 Å². The van der Waals surface area contributed by atoms with Gasteiger partial charge in [0.1, 0.15) is 0 Å². The van der Waals surface area contributed by atoms with Gasteiger partial charge in [0.2, 0.25) is 11.8 Å². The summed E-state index contributed by atoms with van der Waals surface area (Å²) in [6.07, 6.45) is 6.51. The monoisotopic (exact) mass is 359 g/mol. The van der Waals surface area contributed by atoms with Crippen molar-refractivity contribution in [2.45, 2.75) is 58.8 Å². The molecule has 0 saturated carbocycles. The Morgan fingerprint density at radius 3 is 2.29 bits per heavy atom. The number of halogens is 1. The third-order valence-corrected chi connectivity index (χ3v) is 6.00. The highest BCUT2D eigenvalue weighted by Crippen LogP contribution is 2.30. The molecule has 2 aliphatic heterocycles. The minimum atomic E-state index is -0.379. The van der Waals surface area contributed by atoms with Crippen LogP contribution in [0.15, 0.2) is 0 Å². The average Bonchev–Trinajstić information content (AvgIpc) is 2.59. The first kappa shape index (κ1) is 21.2. The first-order valence-electron chi connectivity index (χ1n) is 9.33. The number of nitrogens with zero attached hydrogens (tertiary/aromatic N) is 2. The molecule has 2 saturated heterocycles. The lowest BCUT2D eigenvalue weighted by Gasteiger charge is -2.40. The standard InChI is InChI=1S/C18H33N3O2.ClH/c1-3-18(4-2,14-19)17(23)20-11-8-15(9-12-20)13-21-10-6-5-7-16(21)22;/h15H,3-14,19H2,1-2H3;1H. The molecule has 0 spiro atoms. The Morgan fingerprint density at radius 1 is 1.17 bits per heavy atom. The second kappa shape index (κ2) is 9.62. The molecular weight excluding hydrogens is 326 g/mol. The molecule has 0 radical (unpaired) electrons. The summed E-state index contributed by atoms with van der Waals surface area (Å²) in [7, 11) is 0. The van der Waals surface area contributed by atoms with Crippen molar-refractivity contribution >= 4 is 24.2 Å². The van der Waals surface area contributed by atoms with Gasteiger partial charge < -0.3 is 15.5 Å². The van der Waals surface area contributed by atoms with E-state index in [0.717, 1.165) is 64.7 Å². The van der Waals surface area contributed by atoms with Crippen LogP contribution in [0.3, 0.4) is 0 Å².